The van der Waals surface area contributed by atoms with Crippen molar-refractivity contribution in [2.24, 2.45) is 0 Å². The molecule has 1 atom stereocenters. The lowest BCUT2D eigenvalue weighted by Crippen LogP contribution is -2.26. The molecule has 0 spiro atoms. The summed E-state index contributed by atoms with van der Waals surface area (Å²) in [6.07, 6.45) is -0.326. The van der Waals surface area contributed by atoms with Gasteiger partial charge in [0, 0.05) is 26.3 Å². The maximum absolute atomic E-state index is 12.0. The van der Waals surface area contributed by atoms with Crippen LogP contribution >= 0.6 is 0 Å². The van der Waals surface area contributed by atoms with Crippen LogP contribution in [0, 0.1) is 0 Å². The average molecular weight is 221 g/mol. The molecule has 1 aromatic carbocycles. The van der Waals surface area contributed by atoms with Crippen molar-refractivity contribution in [1.82, 2.24) is 4.90 Å². The van der Waals surface area contributed by atoms with Crippen molar-refractivity contribution in [2.75, 3.05) is 20.8 Å². The molecule has 0 radical (unpaired) electrons. The van der Waals surface area contributed by atoms with Gasteiger partial charge in [0.25, 0.3) is 5.91 Å². The van der Waals surface area contributed by atoms with Gasteiger partial charge in [-0.3, -0.25) is 4.79 Å². The predicted octanol–water partition coefficient (Wildman–Crippen LogP) is 1.13. The molecule has 1 aliphatic rings. The van der Waals surface area contributed by atoms with Crippen molar-refractivity contribution >= 4 is 5.91 Å². The summed E-state index contributed by atoms with van der Waals surface area (Å²) in [6, 6.07) is 9.27. The summed E-state index contributed by atoms with van der Waals surface area (Å²) in [5.41, 5.74) is 0.705. The fraction of sp³-hybridized carbons (Fsp3) is 0.417. The van der Waals surface area contributed by atoms with E-state index in [0.717, 1.165) is 0 Å². The Morgan fingerprint density at radius 2 is 1.94 bits per heavy atom. The van der Waals surface area contributed by atoms with Crippen LogP contribution in [-0.2, 0) is 9.47 Å². The second kappa shape index (κ2) is 4.63. The zero-order valence-electron chi connectivity index (χ0n) is 9.42. The van der Waals surface area contributed by atoms with Crippen molar-refractivity contribution < 1.29 is 14.3 Å². The number of carbonyl (C=O) groups excluding carboxylic acids is 1. The first kappa shape index (κ1) is 11.1. The first-order valence-electron chi connectivity index (χ1n) is 5.19. The van der Waals surface area contributed by atoms with Gasteiger partial charge in [-0.05, 0) is 12.1 Å². The van der Waals surface area contributed by atoms with Gasteiger partial charge >= 0.3 is 0 Å². The lowest BCUT2D eigenvalue weighted by Gasteiger charge is -2.12. The smallest absolute Gasteiger partial charge is 0.254 e. The van der Waals surface area contributed by atoms with Crippen LogP contribution in [0.4, 0.5) is 0 Å². The van der Waals surface area contributed by atoms with Crippen LogP contribution in [-0.4, -0.2) is 43.9 Å². The molecule has 1 amide bonds. The zero-order valence-corrected chi connectivity index (χ0v) is 9.42. The minimum Gasteiger partial charge on any atom is -0.354 e. The largest absolute Gasteiger partial charge is 0.354 e. The van der Waals surface area contributed by atoms with Crippen LogP contribution in [0.25, 0.3) is 0 Å². The van der Waals surface area contributed by atoms with Gasteiger partial charge in [0.1, 0.15) is 6.04 Å². The van der Waals surface area contributed by atoms with Gasteiger partial charge in [-0.1, -0.05) is 18.2 Å². The van der Waals surface area contributed by atoms with Gasteiger partial charge in [0.05, 0.1) is 0 Å². The summed E-state index contributed by atoms with van der Waals surface area (Å²) < 4.78 is 10.2. The minimum atomic E-state index is -0.326. The maximum atomic E-state index is 12.0. The Hall–Kier alpha value is -1.39. The third kappa shape index (κ3) is 2.08. The van der Waals surface area contributed by atoms with E-state index < -0.39 is 0 Å². The topological polar surface area (TPSA) is 38.5 Å². The average Bonchev–Trinajstić information content (AvgIpc) is 3.11. The molecule has 0 bridgehead atoms. The van der Waals surface area contributed by atoms with E-state index in [0.29, 0.717) is 12.1 Å². The highest BCUT2D eigenvalue weighted by Gasteiger charge is 2.44. The highest BCUT2D eigenvalue weighted by atomic mass is 16.7. The Kier molecular flexibility index (Phi) is 3.22. The molecule has 1 aliphatic heterocycles. The van der Waals surface area contributed by atoms with Crippen LogP contribution in [0.2, 0.25) is 0 Å². The van der Waals surface area contributed by atoms with E-state index in [9.17, 15) is 4.79 Å². The molecule has 0 saturated carbocycles. The summed E-state index contributed by atoms with van der Waals surface area (Å²) in [6.45, 7) is 0.695. The number of carbonyl (C=O) groups is 1. The minimum absolute atomic E-state index is 0.0321. The number of ether oxygens (including phenoxy) is 2. The van der Waals surface area contributed by atoms with E-state index in [1.54, 1.807) is 19.1 Å². The number of nitrogens with zero attached hydrogens (tertiary/aromatic N) is 1. The SMILES string of the molecule is COC(OC)C1CN1C(=O)c1ccccc1. The lowest BCUT2D eigenvalue weighted by atomic mass is 10.2. The van der Waals surface area contributed by atoms with E-state index >= 15 is 0 Å². The fourth-order valence-electron chi connectivity index (χ4n) is 1.78. The van der Waals surface area contributed by atoms with E-state index in [-0.39, 0.29) is 18.2 Å². The van der Waals surface area contributed by atoms with E-state index in [1.165, 1.54) is 0 Å². The molecule has 0 N–H and O–H groups in total. The molecule has 1 unspecified atom stereocenters. The predicted molar refractivity (Wildman–Crippen MR) is 59.1 cm³/mol. The Balaban J connectivity index is 2.00. The number of amides is 1. The van der Waals surface area contributed by atoms with E-state index in [1.807, 2.05) is 30.3 Å². The van der Waals surface area contributed by atoms with Gasteiger partial charge in [-0.25, -0.2) is 0 Å². The zero-order chi connectivity index (χ0) is 11.5. The van der Waals surface area contributed by atoms with Crippen molar-refractivity contribution in [3.8, 4) is 0 Å². The summed E-state index contributed by atoms with van der Waals surface area (Å²) in [4.78, 5) is 13.7. The van der Waals surface area contributed by atoms with Gasteiger partial charge in [0.2, 0.25) is 0 Å². The normalized spacial score (nSPS) is 18.9. The van der Waals surface area contributed by atoms with Crippen molar-refractivity contribution in [3.05, 3.63) is 35.9 Å². The molecule has 86 valence electrons. The summed E-state index contributed by atoms with van der Waals surface area (Å²) in [7, 11) is 3.16. The second-order valence-corrected chi connectivity index (χ2v) is 3.73. The number of benzene rings is 1. The van der Waals surface area contributed by atoms with Crippen molar-refractivity contribution in [3.63, 3.8) is 0 Å². The van der Waals surface area contributed by atoms with Gasteiger partial charge in [-0.2, -0.15) is 0 Å². The third-order valence-electron chi connectivity index (χ3n) is 2.71. The number of hydrogen-bond donors (Lipinski definition) is 0. The number of hydrogen-bond acceptors (Lipinski definition) is 3. The highest BCUT2D eigenvalue weighted by molar-refractivity contribution is 5.96. The molecule has 0 aromatic heterocycles. The van der Waals surface area contributed by atoms with Gasteiger partial charge in [0.15, 0.2) is 6.29 Å². The molecule has 1 saturated heterocycles. The van der Waals surface area contributed by atoms with Crippen molar-refractivity contribution in [1.29, 1.82) is 0 Å². The Bertz CT molecular complexity index is 362. The third-order valence-corrected chi connectivity index (χ3v) is 2.71. The molecule has 1 aromatic rings. The first-order valence-corrected chi connectivity index (χ1v) is 5.19. The molecule has 2 rings (SSSR count). The molecule has 16 heavy (non-hydrogen) atoms. The molecule has 4 heteroatoms. The highest BCUT2D eigenvalue weighted by Crippen LogP contribution is 2.25. The second-order valence-electron chi connectivity index (χ2n) is 3.73. The standard InChI is InChI=1S/C12H15NO3/c1-15-12(16-2)10-8-13(10)11(14)9-6-4-3-5-7-9/h3-7,10,12H,8H2,1-2H3. The lowest BCUT2D eigenvalue weighted by molar-refractivity contribution is -0.106. The van der Waals surface area contributed by atoms with Crippen LogP contribution in [0.3, 0.4) is 0 Å². The van der Waals surface area contributed by atoms with Crippen LogP contribution in [0.15, 0.2) is 30.3 Å². The molecular formula is C12H15NO3. The molecule has 0 aliphatic carbocycles. The maximum Gasteiger partial charge on any atom is 0.254 e. The summed E-state index contributed by atoms with van der Waals surface area (Å²) in [5, 5.41) is 0. The van der Waals surface area contributed by atoms with Crippen molar-refractivity contribution in [2.45, 2.75) is 12.3 Å². The van der Waals surface area contributed by atoms with Crippen LogP contribution in [0.5, 0.6) is 0 Å². The van der Waals surface area contributed by atoms with E-state index in [4.69, 9.17) is 9.47 Å². The van der Waals surface area contributed by atoms with Gasteiger partial charge in [-0.15, -0.1) is 0 Å². The van der Waals surface area contributed by atoms with Crippen LogP contribution in [0.1, 0.15) is 10.4 Å². The molecule has 1 fully saturated rings. The molecular weight excluding hydrogens is 206 g/mol. The van der Waals surface area contributed by atoms with E-state index in [2.05, 4.69) is 0 Å². The molecule has 4 nitrogen and oxygen atoms in total. The summed E-state index contributed by atoms with van der Waals surface area (Å²) in [5.74, 6) is 0.0321. The first-order chi connectivity index (χ1) is 7.77. The Morgan fingerprint density at radius 1 is 1.31 bits per heavy atom. The monoisotopic (exact) mass is 221 g/mol. The van der Waals surface area contributed by atoms with Crippen LogP contribution < -0.4 is 0 Å². The number of rotatable bonds is 4. The van der Waals surface area contributed by atoms with Gasteiger partial charge < -0.3 is 14.4 Å². The number of methoxy groups -OCH3 is 2. The molecule has 1 heterocycles. The Morgan fingerprint density at radius 3 is 2.50 bits per heavy atom. The fourth-order valence-corrected chi connectivity index (χ4v) is 1.78. The quantitative estimate of drug-likeness (QED) is 0.565. The summed E-state index contributed by atoms with van der Waals surface area (Å²) >= 11 is 0. The Labute approximate surface area is 94.8 Å².